The summed E-state index contributed by atoms with van der Waals surface area (Å²) in [7, 11) is 0. The quantitative estimate of drug-likeness (QED) is 0.543. The first kappa shape index (κ1) is 18.1. The molecule has 0 aliphatic carbocycles. The molecule has 2 rings (SSSR count). The maximum atomic E-state index is 11.9. The fourth-order valence-corrected chi connectivity index (χ4v) is 2.59. The molecule has 0 saturated heterocycles. The lowest BCUT2D eigenvalue weighted by molar-refractivity contribution is -0.384. The van der Waals surface area contributed by atoms with E-state index in [1.807, 2.05) is 6.92 Å². The van der Waals surface area contributed by atoms with Crippen molar-refractivity contribution < 1.29 is 19.3 Å². The molecule has 0 atom stereocenters. The second-order valence-corrected chi connectivity index (χ2v) is 6.19. The van der Waals surface area contributed by atoms with Crippen molar-refractivity contribution in [1.29, 1.82) is 0 Å². The van der Waals surface area contributed by atoms with Crippen LogP contribution in [0.3, 0.4) is 0 Å². The third-order valence-electron chi connectivity index (χ3n) is 3.01. The molecule has 1 aromatic heterocycles. The van der Waals surface area contributed by atoms with Crippen LogP contribution in [0.1, 0.15) is 24.9 Å². The number of hydrazine groups is 1. The van der Waals surface area contributed by atoms with E-state index >= 15 is 0 Å². The van der Waals surface area contributed by atoms with E-state index in [9.17, 15) is 24.5 Å². The lowest BCUT2D eigenvalue weighted by Crippen LogP contribution is -2.46. The Hall–Kier alpha value is -3.27. The van der Waals surface area contributed by atoms with E-state index in [2.05, 4.69) is 16.2 Å². The van der Waals surface area contributed by atoms with Gasteiger partial charge in [-0.3, -0.25) is 35.3 Å². The number of carbonyl (C=O) groups is 3. The van der Waals surface area contributed by atoms with Gasteiger partial charge >= 0.3 is 0 Å². The second kappa shape index (κ2) is 8.02. The van der Waals surface area contributed by atoms with E-state index in [1.165, 1.54) is 29.5 Å². The van der Waals surface area contributed by atoms with Gasteiger partial charge in [-0.15, -0.1) is 11.3 Å². The topological polar surface area (TPSA) is 130 Å². The summed E-state index contributed by atoms with van der Waals surface area (Å²) in [5.41, 5.74) is 4.03. The van der Waals surface area contributed by atoms with Gasteiger partial charge in [0, 0.05) is 22.6 Å². The van der Waals surface area contributed by atoms with E-state index < -0.39 is 22.6 Å². The largest absolute Gasteiger partial charge is 0.342 e. The number of aryl methyl sites for hydroxylation is 1. The average Bonchev–Trinajstić information content (AvgIpc) is 3.04. The number of amides is 3. The van der Waals surface area contributed by atoms with E-state index in [4.69, 9.17) is 0 Å². The Morgan fingerprint density at radius 3 is 2.52 bits per heavy atom. The van der Waals surface area contributed by atoms with E-state index in [0.29, 0.717) is 4.88 Å². The predicted molar refractivity (Wildman–Crippen MR) is 90.1 cm³/mol. The molecular weight excluding hydrogens is 348 g/mol. The minimum atomic E-state index is -0.711. The Balaban J connectivity index is 1.81. The maximum absolute atomic E-state index is 11.9. The molecule has 0 radical (unpaired) electrons. The molecule has 1 heterocycles. The van der Waals surface area contributed by atoms with Crippen molar-refractivity contribution in [3.63, 3.8) is 0 Å². The monoisotopic (exact) mass is 362 g/mol. The number of thiophene rings is 1. The van der Waals surface area contributed by atoms with Gasteiger partial charge in [0.1, 0.15) is 0 Å². The molecule has 3 amide bonds. The number of carbonyl (C=O) groups excluding carboxylic acids is 3. The number of nitrogens with zero attached hydrogens (tertiary/aromatic N) is 1. The van der Waals surface area contributed by atoms with E-state index in [0.717, 1.165) is 10.9 Å². The zero-order valence-corrected chi connectivity index (χ0v) is 13.9. The Morgan fingerprint density at radius 2 is 1.88 bits per heavy atom. The molecule has 0 fully saturated rings. The summed E-state index contributed by atoms with van der Waals surface area (Å²) in [6.45, 7) is 1.53. The molecule has 2 aromatic rings. The smallest absolute Gasteiger partial charge is 0.270 e. The van der Waals surface area contributed by atoms with Crippen molar-refractivity contribution in [1.82, 2.24) is 16.2 Å². The van der Waals surface area contributed by atoms with Crippen LogP contribution in [-0.4, -0.2) is 29.2 Å². The van der Waals surface area contributed by atoms with Gasteiger partial charge in [0.05, 0.1) is 16.3 Å². The molecule has 3 N–H and O–H groups in total. The van der Waals surface area contributed by atoms with Crippen molar-refractivity contribution in [2.75, 3.05) is 6.54 Å². The molecular formula is C15H14N4O5S. The molecule has 9 nitrogen and oxygen atoms in total. The first-order valence-electron chi connectivity index (χ1n) is 7.05. The minimum absolute atomic E-state index is 0.0209. The summed E-state index contributed by atoms with van der Waals surface area (Å²) in [5.74, 6) is -1.74. The van der Waals surface area contributed by atoms with Crippen LogP contribution in [0.25, 0.3) is 0 Å². The highest BCUT2D eigenvalue weighted by atomic mass is 32.1. The van der Waals surface area contributed by atoms with Crippen LogP contribution in [-0.2, 0) is 4.79 Å². The van der Waals surface area contributed by atoms with Crippen molar-refractivity contribution in [2.24, 2.45) is 0 Å². The van der Waals surface area contributed by atoms with Crippen LogP contribution in [0.4, 0.5) is 5.69 Å². The summed E-state index contributed by atoms with van der Waals surface area (Å²) in [5, 5.41) is 13.1. The zero-order valence-electron chi connectivity index (χ0n) is 13.1. The molecule has 0 aliphatic rings. The van der Waals surface area contributed by atoms with Crippen molar-refractivity contribution >= 4 is 34.7 Å². The zero-order chi connectivity index (χ0) is 18.4. The lowest BCUT2D eigenvalue weighted by atomic mass is 10.2. The van der Waals surface area contributed by atoms with Gasteiger partial charge in [0.25, 0.3) is 23.4 Å². The Morgan fingerprint density at radius 1 is 1.12 bits per heavy atom. The first-order chi connectivity index (χ1) is 11.9. The van der Waals surface area contributed by atoms with E-state index in [1.54, 1.807) is 12.1 Å². The van der Waals surface area contributed by atoms with Crippen molar-refractivity contribution in [3.05, 3.63) is 61.8 Å². The van der Waals surface area contributed by atoms with E-state index in [-0.39, 0.29) is 17.8 Å². The van der Waals surface area contributed by atoms with Crippen LogP contribution in [0.15, 0.2) is 36.4 Å². The van der Waals surface area contributed by atoms with Crippen molar-refractivity contribution in [3.8, 4) is 0 Å². The number of hydrogen-bond acceptors (Lipinski definition) is 6. The van der Waals surface area contributed by atoms with Crippen LogP contribution in [0.5, 0.6) is 0 Å². The van der Waals surface area contributed by atoms with Crippen LogP contribution in [0, 0.1) is 17.0 Å². The molecule has 1 aromatic carbocycles. The number of rotatable bonds is 5. The van der Waals surface area contributed by atoms with Gasteiger partial charge in [-0.05, 0) is 25.1 Å². The van der Waals surface area contributed by atoms with Gasteiger partial charge in [-0.25, -0.2) is 0 Å². The number of benzene rings is 1. The summed E-state index contributed by atoms with van der Waals surface area (Å²) in [6, 6.07) is 8.50. The maximum Gasteiger partial charge on any atom is 0.270 e. The highest BCUT2D eigenvalue weighted by molar-refractivity contribution is 7.13. The summed E-state index contributed by atoms with van der Waals surface area (Å²) < 4.78 is 0. The highest BCUT2D eigenvalue weighted by Gasteiger charge is 2.13. The lowest BCUT2D eigenvalue weighted by Gasteiger charge is -2.08. The normalized spacial score (nSPS) is 9.96. The van der Waals surface area contributed by atoms with Crippen molar-refractivity contribution in [2.45, 2.75) is 6.92 Å². The number of nitro groups is 1. The second-order valence-electron chi connectivity index (χ2n) is 4.90. The minimum Gasteiger partial charge on any atom is -0.342 e. The summed E-state index contributed by atoms with van der Waals surface area (Å²) >= 11 is 1.30. The molecule has 0 aliphatic heterocycles. The van der Waals surface area contributed by atoms with Gasteiger partial charge in [-0.1, -0.05) is 6.07 Å². The van der Waals surface area contributed by atoms with Crippen LogP contribution in [0.2, 0.25) is 0 Å². The summed E-state index contributed by atoms with van der Waals surface area (Å²) in [6.07, 6.45) is 0. The average molecular weight is 362 g/mol. The van der Waals surface area contributed by atoms with Crippen LogP contribution >= 0.6 is 11.3 Å². The molecule has 10 heteroatoms. The van der Waals surface area contributed by atoms with Gasteiger partial charge < -0.3 is 5.32 Å². The molecule has 0 saturated carbocycles. The Kier molecular flexibility index (Phi) is 5.79. The third-order valence-corrected chi connectivity index (χ3v) is 4.01. The number of nitrogens with one attached hydrogen (secondary N) is 3. The SMILES string of the molecule is Cc1ccc(C(=O)NCC(=O)NNC(=O)c2cccc([N+](=O)[O-])c2)s1. The number of nitro benzene ring substituents is 1. The standard InChI is InChI=1S/C15H14N4O5S/c1-9-5-6-12(25-9)15(22)16-8-13(20)17-18-14(21)10-3-2-4-11(7-10)19(23)24/h2-7H,8H2,1H3,(H,16,22)(H,17,20)(H,18,21). The molecule has 0 unspecified atom stereocenters. The molecule has 25 heavy (non-hydrogen) atoms. The van der Waals surface area contributed by atoms with Gasteiger partial charge in [0.2, 0.25) is 0 Å². The Bertz CT molecular complexity index is 833. The van der Waals surface area contributed by atoms with Crippen LogP contribution < -0.4 is 16.2 Å². The molecule has 0 bridgehead atoms. The molecule has 0 spiro atoms. The first-order valence-corrected chi connectivity index (χ1v) is 7.87. The highest BCUT2D eigenvalue weighted by Crippen LogP contribution is 2.14. The fourth-order valence-electron chi connectivity index (χ4n) is 1.81. The predicted octanol–water partition coefficient (Wildman–Crippen LogP) is 1.16. The fraction of sp³-hybridized carbons (Fsp3) is 0.133. The molecule has 130 valence electrons. The Labute approximate surface area is 146 Å². The van der Waals surface area contributed by atoms with Gasteiger partial charge in [-0.2, -0.15) is 0 Å². The summed E-state index contributed by atoms with van der Waals surface area (Å²) in [4.78, 5) is 46.8. The van der Waals surface area contributed by atoms with Gasteiger partial charge in [0.15, 0.2) is 0 Å². The number of hydrogen-bond donors (Lipinski definition) is 3. The third kappa shape index (κ3) is 5.11. The number of non-ortho nitro benzene ring substituents is 1.